The lowest BCUT2D eigenvalue weighted by Crippen LogP contribution is -2.27. The van der Waals surface area contributed by atoms with Gasteiger partial charge in [-0.2, -0.15) is 0 Å². The largest absolute Gasteiger partial charge is 0.480 e. The summed E-state index contributed by atoms with van der Waals surface area (Å²) in [6.45, 7) is 2.35. The van der Waals surface area contributed by atoms with Gasteiger partial charge in [0.2, 0.25) is 0 Å². The van der Waals surface area contributed by atoms with E-state index in [0.29, 0.717) is 15.8 Å². The Balaban J connectivity index is 1.77. The van der Waals surface area contributed by atoms with Gasteiger partial charge in [0.25, 0.3) is 5.91 Å². The van der Waals surface area contributed by atoms with Gasteiger partial charge < -0.3 is 10.0 Å². The quantitative estimate of drug-likeness (QED) is 0.591. The van der Waals surface area contributed by atoms with Crippen molar-refractivity contribution in [3.05, 3.63) is 58.5 Å². The molecule has 1 aromatic rings. The number of benzene rings is 1. The highest BCUT2D eigenvalue weighted by atomic mass is 32.2. The number of nitrogens with zero attached hydrogens (tertiary/aromatic N) is 2. The number of fused-ring (bicyclic) bond motifs is 1. The number of carboxylic acids is 1. The Labute approximate surface area is 165 Å². The number of thioether (sulfide) groups is 2. The number of thiocarbonyl (C=S) groups is 1. The Kier molecular flexibility index (Phi) is 5.85. The number of rotatable bonds is 5. The van der Waals surface area contributed by atoms with Gasteiger partial charge in [-0.25, -0.2) is 0 Å². The molecule has 8 heteroatoms. The fourth-order valence-corrected chi connectivity index (χ4v) is 4.95. The predicted octanol–water partition coefficient (Wildman–Crippen LogP) is 3.85. The van der Waals surface area contributed by atoms with E-state index in [0.717, 1.165) is 15.6 Å². The number of carboxylic acid groups (broad SMARTS) is 1. The molecule has 0 radical (unpaired) electrons. The third kappa shape index (κ3) is 3.87. The van der Waals surface area contributed by atoms with Crippen LogP contribution in [0.1, 0.15) is 6.92 Å². The molecule has 0 saturated carbocycles. The molecule has 1 amide bonds. The van der Waals surface area contributed by atoms with E-state index < -0.39 is 5.97 Å². The summed E-state index contributed by atoms with van der Waals surface area (Å²) < 4.78 is 0.574. The summed E-state index contributed by atoms with van der Waals surface area (Å²) >= 11 is 8.00. The fraction of sp³-hybridized carbons (Fsp3) is 0.167. The van der Waals surface area contributed by atoms with Gasteiger partial charge in [0, 0.05) is 11.4 Å². The minimum Gasteiger partial charge on any atom is -0.480 e. The average molecular weight is 405 g/mol. The summed E-state index contributed by atoms with van der Waals surface area (Å²) in [5, 5.41) is 10.0. The summed E-state index contributed by atoms with van der Waals surface area (Å²) in [5.41, 5.74) is 0.892. The molecule has 0 spiro atoms. The Bertz CT molecular complexity index is 861. The summed E-state index contributed by atoms with van der Waals surface area (Å²) in [6.07, 6.45) is 7.17. The lowest BCUT2D eigenvalue weighted by molar-refractivity contribution is -0.135. The zero-order chi connectivity index (χ0) is 18.7. The molecule has 5 nitrogen and oxygen atoms in total. The first-order chi connectivity index (χ1) is 12.5. The molecule has 0 unspecified atom stereocenters. The van der Waals surface area contributed by atoms with Crippen molar-refractivity contribution < 1.29 is 14.7 Å². The van der Waals surface area contributed by atoms with E-state index in [9.17, 15) is 14.7 Å². The standard InChI is InChI=1S/C18H16N2O3S3/c1-2-19-17(23)14(26-18(19)24)9-5-6-10-15-20(11-16(21)22)12-7-3-4-8-13(12)25-15/h3-10H,2,11H2,1H3,(H,21,22)/b6-5+,14-9+,15-10-. The van der Waals surface area contributed by atoms with E-state index in [2.05, 4.69) is 0 Å². The van der Waals surface area contributed by atoms with Crippen molar-refractivity contribution in [3.8, 4) is 0 Å². The average Bonchev–Trinajstić information content (AvgIpc) is 3.08. The minimum atomic E-state index is -0.888. The van der Waals surface area contributed by atoms with Gasteiger partial charge >= 0.3 is 5.97 Å². The maximum Gasteiger partial charge on any atom is 0.323 e. The SMILES string of the molecule is CCN1C(=O)\C(=C/C=C/C=C2\Sc3ccccc3N2CC(=O)O)SC1=S. The van der Waals surface area contributed by atoms with Gasteiger partial charge in [-0.05, 0) is 31.2 Å². The Morgan fingerprint density at radius 1 is 1.19 bits per heavy atom. The maximum absolute atomic E-state index is 12.1. The number of amides is 1. The highest BCUT2D eigenvalue weighted by Gasteiger charge is 2.30. The number of hydrogen-bond donors (Lipinski definition) is 1. The van der Waals surface area contributed by atoms with Crippen LogP contribution in [0.4, 0.5) is 5.69 Å². The van der Waals surface area contributed by atoms with E-state index in [1.54, 1.807) is 22.0 Å². The van der Waals surface area contributed by atoms with E-state index in [-0.39, 0.29) is 12.5 Å². The number of allylic oxidation sites excluding steroid dienone is 4. The minimum absolute atomic E-state index is 0.0741. The topological polar surface area (TPSA) is 60.9 Å². The van der Waals surface area contributed by atoms with Crippen molar-refractivity contribution >= 4 is 57.6 Å². The second-order valence-corrected chi connectivity index (χ2v) is 8.13. The normalized spacial score (nSPS) is 20.0. The van der Waals surface area contributed by atoms with Crippen molar-refractivity contribution in [1.29, 1.82) is 0 Å². The molecule has 0 bridgehead atoms. The maximum atomic E-state index is 12.1. The van der Waals surface area contributed by atoms with Crippen LogP contribution in [0.25, 0.3) is 0 Å². The van der Waals surface area contributed by atoms with E-state index >= 15 is 0 Å². The van der Waals surface area contributed by atoms with Gasteiger partial charge in [0.15, 0.2) is 0 Å². The highest BCUT2D eigenvalue weighted by molar-refractivity contribution is 8.26. The number of carbonyl (C=O) groups is 2. The first-order valence-corrected chi connectivity index (χ1v) is 9.94. The number of carbonyl (C=O) groups excluding carboxylic acids is 1. The molecule has 0 aliphatic carbocycles. The number of hydrogen-bond acceptors (Lipinski definition) is 6. The van der Waals surface area contributed by atoms with Gasteiger partial charge in [0.05, 0.1) is 15.6 Å². The zero-order valence-corrected chi connectivity index (χ0v) is 16.4. The highest BCUT2D eigenvalue weighted by Crippen LogP contribution is 2.45. The van der Waals surface area contributed by atoms with Gasteiger partial charge in [-0.1, -0.05) is 60.0 Å². The third-order valence-electron chi connectivity index (χ3n) is 3.72. The third-order valence-corrected chi connectivity index (χ3v) is 6.24. The molecule has 2 aliphatic rings. The molecular formula is C18H16N2O3S3. The number of anilines is 1. The summed E-state index contributed by atoms with van der Waals surface area (Å²) in [4.78, 5) is 28.3. The molecular weight excluding hydrogens is 388 g/mol. The lowest BCUT2D eigenvalue weighted by Gasteiger charge is -2.17. The summed E-state index contributed by atoms with van der Waals surface area (Å²) in [7, 11) is 0. The molecule has 1 fully saturated rings. The second kappa shape index (κ2) is 8.11. The van der Waals surface area contributed by atoms with Gasteiger partial charge in [-0.3, -0.25) is 14.5 Å². The van der Waals surface area contributed by atoms with Gasteiger partial charge in [0.1, 0.15) is 10.9 Å². The van der Waals surface area contributed by atoms with Crippen molar-refractivity contribution in [2.45, 2.75) is 11.8 Å². The van der Waals surface area contributed by atoms with E-state index in [4.69, 9.17) is 12.2 Å². The van der Waals surface area contributed by atoms with Crippen LogP contribution in [0.15, 0.2) is 63.4 Å². The van der Waals surface area contributed by atoms with Crippen LogP contribution in [0, 0.1) is 0 Å². The van der Waals surface area contributed by atoms with Crippen LogP contribution < -0.4 is 4.90 Å². The first kappa shape index (κ1) is 18.8. The van der Waals surface area contributed by atoms with Crippen molar-refractivity contribution in [2.24, 2.45) is 0 Å². The fourth-order valence-electron chi connectivity index (χ4n) is 2.54. The van der Waals surface area contributed by atoms with E-state index in [1.807, 2.05) is 43.3 Å². The first-order valence-electron chi connectivity index (χ1n) is 7.89. The van der Waals surface area contributed by atoms with Crippen molar-refractivity contribution in [3.63, 3.8) is 0 Å². The number of para-hydroxylation sites is 1. The molecule has 1 aromatic carbocycles. The number of aliphatic carboxylic acids is 1. The zero-order valence-electron chi connectivity index (χ0n) is 13.9. The van der Waals surface area contributed by atoms with Crippen LogP contribution in [0.3, 0.4) is 0 Å². The second-order valence-electron chi connectivity index (χ2n) is 5.39. The lowest BCUT2D eigenvalue weighted by atomic mass is 10.3. The predicted molar refractivity (Wildman–Crippen MR) is 110 cm³/mol. The molecule has 26 heavy (non-hydrogen) atoms. The molecule has 2 aliphatic heterocycles. The summed E-state index contributed by atoms with van der Waals surface area (Å²) in [5.74, 6) is -0.963. The Hall–Kier alpha value is -2.03. The molecule has 1 saturated heterocycles. The van der Waals surface area contributed by atoms with Crippen LogP contribution in [-0.4, -0.2) is 39.3 Å². The van der Waals surface area contributed by atoms with Crippen molar-refractivity contribution in [1.82, 2.24) is 4.90 Å². The van der Waals surface area contributed by atoms with E-state index in [1.165, 1.54) is 23.5 Å². The molecule has 0 aromatic heterocycles. The van der Waals surface area contributed by atoms with Crippen LogP contribution in [0.2, 0.25) is 0 Å². The van der Waals surface area contributed by atoms with Crippen LogP contribution in [-0.2, 0) is 9.59 Å². The summed E-state index contributed by atoms with van der Waals surface area (Å²) in [6, 6.07) is 7.70. The molecule has 0 atom stereocenters. The molecule has 3 rings (SSSR count). The van der Waals surface area contributed by atoms with Crippen molar-refractivity contribution in [2.75, 3.05) is 18.0 Å². The molecule has 134 valence electrons. The Morgan fingerprint density at radius 2 is 1.92 bits per heavy atom. The van der Waals surface area contributed by atoms with Gasteiger partial charge in [-0.15, -0.1) is 0 Å². The monoisotopic (exact) mass is 404 g/mol. The Morgan fingerprint density at radius 3 is 2.62 bits per heavy atom. The number of likely N-dealkylation sites (N-methyl/N-ethyl adjacent to an activating group) is 1. The molecule has 2 heterocycles. The smallest absolute Gasteiger partial charge is 0.323 e. The molecule has 1 N–H and O–H groups in total. The van der Waals surface area contributed by atoms with Crippen LogP contribution >= 0.6 is 35.7 Å². The van der Waals surface area contributed by atoms with Crippen LogP contribution in [0.5, 0.6) is 0 Å².